The molecule has 0 spiro atoms. The van der Waals surface area contributed by atoms with Gasteiger partial charge in [0, 0.05) is 23.9 Å². The van der Waals surface area contributed by atoms with Gasteiger partial charge in [-0.05, 0) is 29.3 Å². The predicted octanol–water partition coefficient (Wildman–Crippen LogP) is 4.32. The van der Waals surface area contributed by atoms with Crippen molar-refractivity contribution in [3.63, 3.8) is 0 Å². The van der Waals surface area contributed by atoms with Crippen molar-refractivity contribution in [2.24, 2.45) is 0 Å². The largest absolute Gasteiger partial charge is 0.493 e. The summed E-state index contributed by atoms with van der Waals surface area (Å²) in [4.78, 5) is 23.9. The molecule has 3 aromatic carbocycles. The van der Waals surface area contributed by atoms with E-state index in [1.807, 2.05) is 71.6 Å². The highest BCUT2D eigenvalue weighted by Gasteiger charge is 2.36. The van der Waals surface area contributed by atoms with Crippen LogP contribution in [0.15, 0.2) is 73.1 Å². The van der Waals surface area contributed by atoms with Crippen LogP contribution >= 0.6 is 0 Å². The molecule has 1 aliphatic heterocycles. The van der Waals surface area contributed by atoms with E-state index < -0.39 is 6.04 Å². The number of carbonyl (C=O) groups excluding carboxylic acids is 1. The summed E-state index contributed by atoms with van der Waals surface area (Å²) in [6.45, 7) is 0.874. The number of para-hydroxylation sites is 1. The Kier molecular flexibility index (Phi) is 5.99. The molecule has 0 aliphatic carbocycles. The van der Waals surface area contributed by atoms with Crippen molar-refractivity contribution < 1.29 is 19.0 Å². The maximum absolute atomic E-state index is 13.0. The van der Waals surface area contributed by atoms with Crippen LogP contribution in [0.1, 0.15) is 16.7 Å². The summed E-state index contributed by atoms with van der Waals surface area (Å²) >= 11 is 0. The molecule has 172 valence electrons. The number of hydrogen-bond acceptors (Lipinski definition) is 7. The molecule has 1 aliphatic rings. The fourth-order valence-corrected chi connectivity index (χ4v) is 4.45. The molecule has 0 unspecified atom stereocenters. The summed E-state index contributed by atoms with van der Waals surface area (Å²) in [6.07, 6.45) is 1.94. The summed E-state index contributed by atoms with van der Waals surface area (Å²) in [5.74, 6) is 1.67. The van der Waals surface area contributed by atoms with Gasteiger partial charge in [0.1, 0.15) is 24.8 Å². The van der Waals surface area contributed by atoms with Gasteiger partial charge in [-0.3, -0.25) is 0 Å². The number of ether oxygens (including phenoxy) is 3. The first-order chi connectivity index (χ1) is 16.7. The van der Waals surface area contributed by atoms with Crippen molar-refractivity contribution in [2.75, 3.05) is 19.1 Å². The van der Waals surface area contributed by atoms with Crippen LogP contribution in [0.5, 0.6) is 11.5 Å². The Morgan fingerprint density at radius 1 is 1.00 bits per heavy atom. The normalized spacial score (nSPS) is 15.0. The van der Waals surface area contributed by atoms with Crippen LogP contribution in [0.3, 0.4) is 0 Å². The molecule has 5 rings (SSSR count). The summed E-state index contributed by atoms with van der Waals surface area (Å²) in [7, 11) is 3.03. The fourth-order valence-electron chi connectivity index (χ4n) is 4.45. The Labute approximate surface area is 197 Å². The third-order valence-corrected chi connectivity index (χ3v) is 6.15. The maximum atomic E-state index is 13.0. The van der Waals surface area contributed by atoms with Gasteiger partial charge in [-0.15, -0.1) is 0 Å². The van der Waals surface area contributed by atoms with E-state index in [1.165, 1.54) is 13.4 Å². The summed E-state index contributed by atoms with van der Waals surface area (Å²) in [6, 6.07) is 21.1. The van der Waals surface area contributed by atoms with Crippen LogP contribution in [0.25, 0.3) is 10.9 Å². The van der Waals surface area contributed by atoms with E-state index >= 15 is 0 Å². The zero-order chi connectivity index (χ0) is 23.5. The molecule has 7 heteroatoms. The topological polar surface area (TPSA) is 73.8 Å². The SMILES string of the molecule is COC(=O)[C@@H]1Cc2c(ccc(OC)c2OCc2ccccc2)CN1c1ncnc2ccccc12. The van der Waals surface area contributed by atoms with Crippen LogP contribution in [-0.2, 0) is 29.1 Å². The highest BCUT2D eigenvalue weighted by molar-refractivity contribution is 5.92. The molecular formula is C27H25N3O4. The molecule has 7 nitrogen and oxygen atoms in total. The van der Waals surface area contributed by atoms with E-state index in [9.17, 15) is 4.79 Å². The lowest BCUT2D eigenvalue weighted by Gasteiger charge is -2.37. The smallest absolute Gasteiger partial charge is 0.328 e. The van der Waals surface area contributed by atoms with E-state index in [4.69, 9.17) is 14.2 Å². The molecule has 34 heavy (non-hydrogen) atoms. The standard InChI is InChI=1S/C27H25N3O4/c1-32-24-13-12-19-15-30(26-20-10-6-7-11-22(20)28-17-29-26)23(27(31)33-2)14-21(19)25(24)34-16-18-8-4-3-5-9-18/h3-13,17,23H,14-16H2,1-2H3/t23-/m0/s1. The van der Waals surface area contributed by atoms with Gasteiger partial charge < -0.3 is 19.1 Å². The third-order valence-electron chi connectivity index (χ3n) is 6.15. The Hall–Kier alpha value is -4.13. The highest BCUT2D eigenvalue weighted by atomic mass is 16.5. The highest BCUT2D eigenvalue weighted by Crippen LogP contribution is 2.40. The molecule has 1 atom stereocenters. The second kappa shape index (κ2) is 9.39. The lowest BCUT2D eigenvalue weighted by Crippen LogP contribution is -2.47. The number of methoxy groups -OCH3 is 2. The Morgan fingerprint density at radius 2 is 1.79 bits per heavy atom. The minimum absolute atomic E-state index is 0.329. The van der Waals surface area contributed by atoms with Gasteiger partial charge in [-0.1, -0.05) is 48.5 Å². The van der Waals surface area contributed by atoms with E-state index in [0.717, 1.165) is 27.6 Å². The van der Waals surface area contributed by atoms with Crippen molar-refractivity contribution in [2.45, 2.75) is 25.6 Å². The quantitative estimate of drug-likeness (QED) is 0.401. The number of nitrogens with zero attached hydrogens (tertiary/aromatic N) is 3. The van der Waals surface area contributed by atoms with Crippen molar-refractivity contribution in [1.29, 1.82) is 0 Å². The van der Waals surface area contributed by atoms with E-state index in [-0.39, 0.29) is 5.97 Å². The number of benzene rings is 3. The molecule has 0 saturated heterocycles. The molecule has 1 aromatic heterocycles. The third kappa shape index (κ3) is 4.01. The Balaban J connectivity index is 1.57. The maximum Gasteiger partial charge on any atom is 0.328 e. The first-order valence-electron chi connectivity index (χ1n) is 11.1. The van der Waals surface area contributed by atoms with Crippen molar-refractivity contribution in [3.8, 4) is 11.5 Å². The first-order valence-corrected chi connectivity index (χ1v) is 11.1. The van der Waals surface area contributed by atoms with E-state index in [0.29, 0.717) is 36.9 Å². The van der Waals surface area contributed by atoms with E-state index in [1.54, 1.807) is 7.11 Å². The first kappa shape index (κ1) is 21.7. The zero-order valence-electron chi connectivity index (χ0n) is 19.1. The van der Waals surface area contributed by atoms with Gasteiger partial charge in [0.25, 0.3) is 0 Å². The summed E-state index contributed by atoms with van der Waals surface area (Å²) in [5, 5.41) is 0.886. The molecule has 0 radical (unpaired) electrons. The number of aromatic nitrogens is 2. The van der Waals surface area contributed by atoms with Gasteiger partial charge in [0.15, 0.2) is 11.5 Å². The molecule has 0 amide bonds. The van der Waals surface area contributed by atoms with Crippen molar-refractivity contribution >= 4 is 22.7 Å². The van der Waals surface area contributed by atoms with Crippen LogP contribution < -0.4 is 14.4 Å². The summed E-state index contributed by atoms with van der Waals surface area (Å²) < 4.78 is 17.1. The van der Waals surface area contributed by atoms with Crippen LogP contribution in [0.4, 0.5) is 5.82 Å². The van der Waals surface area contributed by atoms with Crippen LogP contribution in [0, 0.1) is 0 Å². The lowest BCUT2D eigenvalue weighted by atomic mass is 9.92. The monoisotopic (exact) mass is 455 g/mol. The Morgan fingerprint density at radius 3 is 2.59 bits per heavy atom. The molecule has 4 aromatic rings. The molecule has 0 fully saturated rings. The summed E-state index contributed by atoms with van der Waals surface area (Å²) in [5.41, 5.74) is 3.87. The second-order valence-corrected chi connectivity index (χ2v) is 8.09. The molecular weight excluding hydrogens is 430 g/mol. The number of hydrogen-bond donors (Lipinski definition) is 0. The molecule has 0 saturated carbocycles. The number of anilines is 1. The van der Waals surface area contributed by atoms with Crippen LogP contribution in [0.2, 0.25) is 0 Å². The van der Waals surface area contributed by atoms with E-state index in [2.05, 4.69) is 9.97 Å². The van der Waals surface area contributed by atoms with Gasteiger partial charge in [0.05, 0.1) is 19.7 Å². The number of fused-ring (bicyclic) bond motifs is 2. The van der Waals surface area contributed by atoms with Crippen molar-refractivity contribution in [1.82, 2.24) is 9.97 Å². The lowest BCUT2D eigenvalue weighted by molar-refractivity contribution is -0.142. The second-order valence-electron chi connectivity index (χ2n) is 8.09. The minimum Gasteiger partial charge on any atom is -0.493 e. The van der Waals surface area contributed by atoms with Crippen molar-refractivity contribution in [3.05, 3.63) is 89.7 Å². The van der Waals surface area contributed by atoms with Gasteiger partial charge in [0.2, 0.25) is 0 Å². The number of rotatable bonds is 6. The van der Waals surface area contributed by atoms with Gasteiger partial charge in [-0.25, -0.2) is 14.8 Å². The number of esters is 1. The van der Waals surface area contributed by atoms with Gasteiger partial charge >= 0.3 is 5.97 Å². The molecule has 0 N–H and O–H groups in total. The van der Waals surface area contributed by atoms with Crippen LogP contribution in [-0.4, -0.2) is 36.2 Å². The average molecular weight is 456 g/mol. The number of carbonyl (C=O) groups is 1. The molecule has 0 bridgehead atoms. The Bertz CT molecular complexity index is 1320. The molecule has 2 heterocycles. The minimum atomic E-state index is -0.568. The predicted molar refractivity (Wildman–Crippen MR) is 129 cm³/mol. The average Bonchev–Trinajstić information content (AvgIpc) is 2.90. The van der Waals surface area contributed by atoms with Gasteiger partial charge in [-0.2, -0.15) is 0 Å². The fraction of sp³-hybridized carbons (Fsp3) is 0.222. The zero-order valence-corrected chi connectivity index (χ0v) is 19.1.